The minimum Gasteiger partial charge on any atom is -0.496 e. The lowest BCUT2D eigenvalue weighted by atomic mass is 10.1. The normalized spacial score (nSPS) is 14.6. The number of carbonyl (C=O) groups excluding carboxylic acids is 1. The van der Waals surface area contributed by atoms with Crippen molar-refractivity contribution in [3.8, 4) is 5.75 Å². The first kappa shape index (κ1) is 23.4. The van der Waals surface area contributed by atoms with Gasteiger partial charge in [-0.15, -0.1) is 11.3 Å². The maximum absolute atomic E-state index is 13.3. The highest BCUT2D eigenvalue weighted by molar-refractivity contribution is 7.20. The first-order chi connectivity index (χ1) is 16.1. The first-order valence-electron chi connectivity index (χ1n) is 11.2. The highest BCUT2D eigenvalue weighted by Crippen LogP contribution is 2.34. The van der Waals surface area contributed by atoms with Gasteiger partial charge < -0.3 is 19.7 Å². The topological polar surface area (TPSA) is 79.8 Å². The van der Waals surface area contributed by atoms with Crippen LogP contribution >= 0.6 is 11.3 Å². The summed E-state index contributed by atoms with van der Waals surface area (Å²) in [5.41, 5.74) is 2.09. The number of nitrogens with zero attached hydrogens (tertiary/aromatic N) is 4. The van der Waals surface area contributed by atoms with Crippen LogP contribution in [-0.2, 0) is 11.2 Å². The van der Waals surface area contributed by atoms with E-state index in [0.717, 1.165) is 83.5 Å². The molecule has 3 heterocycles. The minimum atomic E-state index is 0.0851. The number of para-hydroxylation sites is 1. The lowest BCUT2D eigenvalue weighted by Crippen LogP contribution is -2.49. The van der Waals surface area contributed by atoms with E-state index in [1.54, 1.807) is 20.5 Å². The SMILES string of the molecule is COCCN1CCN(C(=O)c2sc3ncnc(NCCc4ccccc4OC)c3c2C)CC1. The number of piperazine rings is 1. The third kappa shape index (κ3) is 5.26. The van der Waals surface area contributed by atoms with Crippen LogP contribution in [0.4, 0.5) is 5.82 Å². The van der Waals surface area contributed by atoms with Crippen LogP contribution in [0.2, 0.25) is 0 Å². The Bertz CT molecular complexity index is 1090. The summed E-state index contributed by atoms with van der Waals surface area (Å²) in [4.78, 5) is 28.1. The number of rotatable bonds is 9. The van der Waals surface area contributed by atoms with Crippen molar-refractivity contribution in [3.63, 3.8) is 0 Å². The fraction of sp³-hybridized carbons (Fsp3) is 0.458. The van der Waals surface area contributed by atoms with Gasteiger partial charge in [-0.25, -0.2) is 9.97 Å². The van der Waals surface area contributed by atoms with Crippen molar-refractivity contribution in [1.82, 2.24) is 19.8 Å². The maximum Gasteiger partial charge on any atom is 0.264 e. The van der Waals surface area contributed by atoms with Gasteiger partial charge in [0.25, 0.3) is 5.91 Å². The number of carbonyl (C=O) groups is 1. The molecule has 0 bridgehead atoms. The van der Waals surface area contributed by atoms with Crippen LogP contribution < -0.4 is 10.1 Å². The quantitative estimate of drug-likeness (QED) is 0.516. The Labute approximate surface area is 198 Å². The van der Waals surface area contributed by atoms with Gasteiger partial charge in [-0.05, 0) is 30.5 Å². The van der Waals surface area contributed by atoms with Crippen LogP contribution in [0.5, 0.6) is 5.75 Å². The van der Waals surface area contributed by atoms with Crippen molar-refractivity contribution in [2.75, 3.05) is 65.4 Å². The van der Waals surface area contributed by atoms with Gasteiger partial charge in [0.05, 0.1) is 24.0 Å². The minimum absolute atomic E-state index is 0.0851. The van der Waals surface area contributed by atoms with Crippen molar-refractivity contribution in [3.05, 3.63) is 46.6 Å². The van der Waals surface area contributed by atoms with Gasteiger partial charge >= 0.3 is 0 Å². The number of aryl methyl sites for hydroxylation is 1. The molecule has 4 rings (SSSR count). The molecule has 1 aliphatic rings. The van der Waals surface area contributed by atoms with Crippen LogP contribution in [0.3, 0.4) is 0 Å². The second-order valence-electron chi connectivity index (χ2n) is 8.07. The lowest BCUT2D eigenvalue weighted by Gasteiger charge is -2.34. The van der Waals surface area contributed by atoms with Gasteiger partial charge in [0.2, 0.25) is 0 Å². The molecule has 1 fully saturated rings. The third-order valence-corrected chi connectivity index (χ3v) is 7.26. The summed E-state index contributed by atoms with van der Waals surface area (Å²) in [7, 11) is 3.40. The van der Waals surface area contributed by atoms with Crippen molar-refractivity contribution in [1.29, 1.82) is 0 Å². The number of methoxy groups -OCH3 is 2. The molecule has 0 spiro atoms. The Kier molecular flexibility index (Phi) is 7.74. The summed E-state index contributed by atoms with van der Waals surface area (Å²) < 4.78 is 10.6. The fourth-order valence-electron chi connectivity index (χ4n) is 4.17. The molecule has 176 valence electrons. The molecular weight excluding hydrogens is 438 g/mol. The van der Waals surface area contributed by atoms with Gasteiger partial charge in [-0.1, -0.05) is 18.2 Å². The maximum atomic E-state index is 13.3. The van der Waals surface area contributed by atoms with Gasteiger partial charge in [-0.3, -0.25) is 9.69 Å². The van der Waals surface area contributed by atoms with E-state index >= 15 is 0 Å². The number of hydrogen-bond donors (Lipinski definition) is 1. The smallest absolute Gasteiger partial charge is 0.264 e. The molecule has 1 amide bonds. The molecule has 0 unspecified atom stereocenters. The number of aromatic nitrogens is 2. The molecule has 0 radical (unpaired) electrons. The van der Waals surface area contributed by atoms with E-state index in [1.165, 1.54) is 11.3 Å². The summed E-state index contributed by atoms with van der Waals surface area (Å²) >= 11 is 1.45. The summed E-state index contributed by atoms with van der Waals surface area (Å²) in [6.07, 6.45) is 2.37. The van der Waals surface area contributed by atoms with E-state index in [2.05, 4.69) is 26.3 Å². The van der Waals surface area contributed by atoms with Crippen LogP contribution in [0.25, 0.3) is 10.2 Å². The first-order valence-corrected chi connectivity index (χ1v) is 12.0. The summed E-state index contributed by atoms with van der Waals surface area (Å²) in [5.74, 6) is 1.74. The Morgan fingerprint density at radius 3 is 2.70 bits per heavy atom. The number of benzene rings is 1. The van der Waals surface area contributed by atoms with Gasteiger partial charge in [0, 0.05) is 46.4 Å². The number of ether oxygens (including phenoxy) is 2. The van der Waals surface area contributed by atoms with Crippen LogP contribution in [0.15, 0.2) is 30.6 Å². The fourth-order valence-corrected chi connectivity index (χ4v) is 5.29. The van der Waals surface area contributed by atoms with E-state index in [1.807, 2.05) is 30.0 Å². The van der Waals surface area contributed by atoms with E-state index in [4.69, 9.17) is 9.47 Å². The predicted molar refractivity (Wildman–Crippen MR) is 132 cm³/mol. The van der Waals surface area contributed by atoms with Crippen molar-refractivity contribution in [2.45, 2.75) is 13.3 Å². The molecule has 33 heavy (non-hydrogen) atoms. The monoisotopic (exact) mass is 469 g/mol. The molecule has 1 aliphatic heterocycles. The number of nitrogens with one attached hydrogen (secondary N) is 1. The van der Waals surface area contributed by atoms with E-state index < -0.39 is 0 Å². The molecule has 2 aromatic heterocycles. The van der Waals surface area contributed by atoms with E-state index in [9.17, 15) is 4.79 Å². The van der Waals surface area contributed by atoms with E-state index in [0.29, 0.717) is 6.54 Å². The largest absolute Gasteiger partial charge is 0.496 e. The highest BCUT2D eigenvalue weighted by atomic mass is 32.1. The zero-order chi connectivity index (χ0) is 23.2. The highest BCUT2D eigenvalue weighted by Gasteiger charge is 2.26. The number of thiophene rings is 1. The zero-order valence-electron chi connectivity index (χ0n) is 19.5. The summed E-state index contributed by atoms with van der Waals surface area (Å²) in [5, 5.41) is 4.38. The summed E-state index contributed by atoms with van der Waals surface area (Å²) in [6, 6.07) is 8.02. The molecular formula is C24H31N5O3S. The average Bonchev–Trinajstić information content (AvgIpc) is 3.20. The zero-order valence-corrected chi connectivity index (χ0v) is 20.3. The molecule has 0 atom stereocenters. The molecule has 9 heteroatoms. The molecule has 8 nitrogen and oxygen atoms in total. The second kappa shape index (κ2) is 10.9. The Morgan fingerprint density at radius 2 is 1.94 bits per heavy atom. The van der Waals surface area contributed by atoms with E-state index in [-0.39, 0.29) is 5.91 Å². The number of anilines is 1. The van der Waals surface area contributed by atoms with Crippen molar-refractivity contribution in [2.24, 2.45) is 0 Å². The molecule has 1 saturated heterocycles. The van der Waals surface area contributed by atoms with Crippen molar-refractivity contribution >= 4 is 33.3 Å². The van der Waals surface area contributed by atoms with Gasteiger partial charge in [0.1, 0.15) is 22.7 Å². The van der Waals surface area contributed by atoms with Crippen molar-refractivity contribution < 1.29 is 14.3 Å². The molecule has 1 N–H and O–H groups in total. The standard InChI is InChI=1S/C24H31N5O3S/c1-17-20-22(25-9-8-18-6-4-5-7-19(18)32-3)26-16-27-23(20)33-21(17)24(30)29-12-10-28(11-13-29)14-15-31-2/h4-7,16H,8-15H2,1-3H3,(H,25,26,27). The predicted octanol–water partition coefficient (Wildman–Crippen LogP) is 3.07. The second-order valence-corrected chi connectivity index (χ2v) is 9.07. The van der Waals surface area contributed by atoms with Crippen LogP contribution in [-0.4, -0.2) is 85.8 Å². The van der Waals surface area contributed by atoms with Gasteiger partial charge in [0.15, 0.2) is 0 Å². The Hall–Kier alpha value is -2.75. The Balaban J connectivity index is 1.45. The number of fused-ring (bicyclic) bond motifs is 1. The number of amides is 1. The molecule has 3 aromatic rings. The molecule has 0 saturated carbocycles. The van der Waals surface area contributed by atoms with Gasteiger partial charge in [-0.2, -0.15) is 0 Å². The number of hydrogen-bond acceptors (Lipinski definition) is 8. The molecule has 1 aromatic carbocycles. The lowest BCUT2D eigenvalue weighted by molar-refractivity contribution is 0.0598. The molecule has 0 aliphatic carbocycles. The Morgan fingerprint density at radius 1 is 1.15 bits per heavy atom. The van der Waals surface area contributed by atoms with Crippen LogP contribution in [0.1, 0.15) is 20.8 Å². The third-order valence-electron chi connectivity index (χ3n) is 6.07. The van der Waals surface area contributed by atoms with Crippen LogP contribution in [0, 0.1) is 6.92 Å². The average molecular weight is 470 g/mol. The summed E-state index contributed by atoms with van der Waals surface area (Å²) in [6.45, 7) is 7.51.